The van der Waals surface area contributed by atoms with Crippen LogP contribution < -0.4 is 20.8 Å². The number of piperidine rings is 1. The van der Waals surface area contributed by atoms with Crippen LogP contribution in [0.3, 0.4) is 0 Å². The zero-order valence-electron chi connectivity index (χ0n) is 27.3. The van der Waals surface area contributed by atoms with Crippen LogP contribution in [-0.4, -0.2) is 84.2 Å². The fourth-order valence-corrected chi connectivity index (χ4v) is 6.21. The summed E-state index contributed by atoms with van der Waals surface area (Å²) in [5.74, 6) is -2.22. The van der Waals surface area contributed by atoms with E-state index in [1.165, 1.54) is 13.2 Å². The van der Waals surface area contributed by atoms with Gasteiger partial charge in [-0.3, -0.25) is 19.2 Å². The number of fused-ring (bicyclic) bond motifs is 2. The fourth-order valence-electron chi connectivity index (χ4n) is 6.21. The van der Waals surface area contributed by atoms with Gasteiger partial charge in [-0.2, -0.15) is 4.73 Å². The number of benzene rings is 1. The van der Waals surface area contributed by atoms with Crippen LogP contribution in [0.5, 0.6) is 0 Å². The summed E-state index contributed by atoms with van der Waals surface area (Å²) in [6.45, 7) is 4.27. The van der Waals surface area contributed by atoms with E-state index in [0.29, 0.717) is 45.1 Å². The van der Waals surface area contributed by atoms with Gasteiger partial charge in [0.05, 0.1) is 12.6 Å². The Morgan fingerprint density at radius 1 is 1.00 bits per heavy atom. The Morgan fingerprint density at radius 2 is 1.74 bits per heavy atom. The summed E-state index contributed by atoms with van der Waals surface area (Å²) in [6.07, 6.45) is 9.80. The number of carbonyl (C=O) groups is 5. The van der Waals surface area contributed by atoms with Gasteiger partial charge in [0.15, 0.2) is 0 Å². The van der Waals surface area contributed by atoms with Gasteiger partial charge in [-0.05, 0) is 56.1 Å². The lowest BCUT2D eigenvalue weighted by atomic mass is 9.93. The van der Waals surface area contributed by atoms with E-state index in [4.69, 9.17) is 4.84 Å². The van der Waals surface area contributed by atoms with Crippen molar-refractivity contribution >= 4 is 40.5 Å². The average molecular weight is 638 g/mol. The minimum Gasteiger partial charge on any atom is -0.466 e. The third kappa shape index (κ3) is 8.27. The highest BCUT2D eigenvalue weighted by Crippen LogP contribution is 2.24. The highest BCUT2D eigenvalue weighted by molar-refractivity contribution is 5.98. The van der Waals surface area contributed by atoms with E-state index in [1.54, 1.807) is 29.0 Å². The molecule has 250 valence electrons. The number of hydrogen-bond acceptors (Lipinski definition) is 7. The molecule has 1 aromatic heterocycles. The monoisotopic (exact) mass is 637 g/mol. The second-order valence-electron chi connectivity index (χ2n) is 12.1. The Bertz CT molecular complexity index is 1440. The lowest BCUT2D eigenvalue weighted by Crippen LogP contribution is -2.64. The number of allylic oxidation sites excluding steroid dienone is 1. The summed E-state index contributed by atoms with van der Waals surface area (Å²) in [5.41, 5.74) is 1.60. The third-order valence-electron chi connectivity index (χ3n) is 9.08. The molecule has 4 rings (SSSR count). The van der Waals surface area contributed by atoms with Crippen molar-refractivity contribution in [2.75, 3.05) is 20.8 Å². The van der Waals surface area contributed by atoms with E-state index in [0.717, 1.165) is 29.3 Å². The highest BCUT2D eigenvalue weighted by atomic mass is 16.6. The van der Waals surface area contributed by atoms with E-state index in [9.17, 15) is 24.0 Å². The Morgan fingerprint density at radius 3 is 2.48 bits per heavy atom. The molecule has 0 radical (unpaired) electrons. The number of hydrogen-bond donors (Lipinski definition) is 3. The molecule has 0 spiro atoms. The molecule has 2 aliphatic rings. The molecule has 5 atom stereocenters. The van der Waals surface area contributed by atoms with Gasteiger partial charge in [-0.25, -0.2) is 4.79 Å². The van der Waals surface area contributed by atoms with Crippen molar-refractivity contribution in [1.29, 1.82) is 0 Å². The number of nitrogens with one attached hydrogen (secondary N) is 3. The molecule has 0 aliphatic carbocycles. The van der Waals surface area contributed by atoms with Gasteiger partial charge in [-0.15, -0.1) is 0 Å². The number of methoxy groups -OCH3 is 1. The summed E-state index contributed by atoms with van der Waals surface area (Å²) >= 11 is 0. The van der Waals surface area contributed by atoms with E-state index in [2.05, 4.69) is 20.7 Å². The second-order valence-corrected chi connectivity index (χ2v) is 12.1. The van der Waals surface area contributed by atoms with Gasteiger partial charge in [0.1, 0.15) is 31.3 Å². The summed E-state index contributed by atoms with van der Waals surface area (Å²) in [6, 6.07) is 4.09. The third-order valence-corrected chi connectivity index (χ3v) is 9.08. The molecule has 0 bridgehead atoms. The first-order chi connectivity index (χ1) is 22.2. The molecule has 46 heavy (non-hydrogen) atoms. The van der Waals surface area contributed by atoms with Crippen LogP contribution >= 0.6 is 0 Å². The SMILES string of the molecule is CCC(C)[C@@H]1NC(=O)[C@H](Cc2cn(OC)c3ccccc23)NC(=O)[C@H](CCCCC=CC(=O)OC)NC(=O)[C@H]2CCCCN2C1=O. The maximum absolute atomic E-state index is 14.0. The molecule has 2 aliphatic heterocycles. The van der Waals surface area contributed by atoms with Gasteiger partial charge in [0.2, 0.25) is 23.6 Å². The number of para-hydroxylation sites is 1. The Kier molecular flexibility index (Phi) is 12.2. The normalized spacial score (nSPS) is 23.5. The summed E-state index contributed by atoms with van der Waals surface area (Å²) in [5, 5.41) is 9.70. The molecule has 1 unspecified atom stereocenters. The number of amides is 4. The second kappa shape index (κ2) is 16.3. The van der Waals surface area contributed by atoms with Gasteiger partial charge in [-0.1, -0.05) is 51.0 Å². The predicted octanol–water partition coefficient (Wildman–Crippen LogP) is 2.43. The van der Waals surface area contributed by atoms with Crippen LogP contribution in [0.15, 0.2) is 42.6 Å². The van der Waals surface area contributed by atoms with E-state index < -0.39 is 42.0 Å². The van der Waals surface area contributed by atoms with Crippen molar-refractivity contribution in [2.24, 2.45) is 5.92 Å². The zero-order chi connectivity index (χ0) is 33.2. The lowest BCUT2D eigenvalue weighted by molar-refractivity contribution is -0.147. The number of rotatable bonds is 11. The molecular weight excluding hydrogens is 590 g/mol. The Labute approximate surface area is 270 Å². The van der Waals surface area contributed by atoms with Crippen LogP contribution in [0.25, 0.3) is 10.9 Å². The van der Waals surface area contributed by atoms with Crippen molar-refractivity contribution in [3.05, 3.63) is 48.2 Å². The molecule has 3 N–H and O–H groups in total. The number of aromatic nitrogens is 1. The van der Waals surface area contributed by atoms with Crippen LogP contribution in [0.1, 0.15) is 70.8 Å². The maximum atomic E-state index is 14.0. The van der Waals surface area contributed by atoms with Gasteiger partial charge >= 0.3 is 5.97 Å². The van der Waals surface area contributed by atoms with E-state index >= 15 is 0 Å². The minimum absolute atomic E-state index is 0.140. The van der Waals surface area contributed by atoms with Crippen molar-refractivity contribution in [3.63, 3.8) is 0 Å². The first-order valence-corrected chi connectivity index (χ1v) is 16.3. The predicted molar refractivity (Wildman–Crippen MR) is 172 cm³/mol. The zero-order valence-corrected chi connectivity index (χ0v) is 27.3. The molecule has 2 saturated heterocycles. The molecule has 1 aromatic carbocycles. The van der Waals surface area contributed by atoms with Crippen molar-refractivity contribution < 1.29 is 33.5 Å². The molecule has 2 fully saturated rings. The van der Waals surface area contributed by atoms with Crippen LogP contribution in [0.4, 0.5) is 0 Å². The minimum atomic E-state index is -1.03. The Balaban J connectivity index is 1.65. The highest BCUT2D eigenvalue weighted by Gasteiger charge is 2.40. The van der Waals surface area contributed by atoms with Gasteiger partial charge in [0.25, 0.3) is 0 Å². The Hall–Kier alpha value is -4.35. The first-order valence-electron chi connectivity index (χ1n) is 16.3. The smallest absolute Gasteiger partial charge is 0.330 e. The largest absolute Gasteiger partial charge is 0.466 e. The first kappa shape index (κ1) is 34.5. The fraction of sp³-hybridized carbons (Fsp3) is 0.559. The summed E-state index contributed by atoms with van der Waals surface area (Å²) < 4.78 is 6.23. The van der Waals surface area contributed by atoms with Crippen molar-refractivity contribution in [2.45, 2.75) is 95.8 Å². The van der Waals surface area contributed by atoms with E-state index in [1.807, 2.05) is 38.1 Å². The van der Waals surface area contributed by atoms with E-state index in [-0.39, 0.29) is 24.2 Å². The standard InChI is InChI=1S/C34H47N5O7/c1-5-22(2)30-34(44)38-19-13-12-17-28(38)33(43)35-25(15-8-6-7-9-18-29(40)45-3)31(41)36-26(32(42)37-30)20-23-21-39(46-4)27-16-11-10-14-24(23)27/h9-11,14,16,18,21-22,25-26,28,30H,5-8,12-13,15,17,19-20H2,1-4H3,(H,35,43)(H,36,41)(H,37,42)/t22?,25-,26-,28+,30-/m0/s1. The van der Waals surface area contributed by atoms with Crippen LogP contribution in [0, 0.1) is 5.92 Å². The summed E-state index contributed by atoms with van der Waals surface area (Å²) in [4.78, 5) is 74.2. The lowest BCUT2D eigenvalue weighted by Gasteiger charge is -2.39. The summed E-state index contributed by atoms with van der Waals surface area (Å²) in [7, 11) is 2.86. The molecular formula is C34H47N5O7. The average Bonchev–Trinajstić information content (AvgIpc) is 3.43. The number of carbonyl (C=O) groups excluding carboxylic acids is 5. The molecule has 4 amide bonds. The molecule has 2 aromatic rings. The number of nitrogens with zero attached hydrogens (tertiary/aromatic N) is 2. The van der Waals surface area contributed by atoms with Crippen molar-refractivity contribution in [3.8, 4) is 0 Å². The van der Waals surface area contributed by atoms with Crippen molar-refractivity contribution in [1.82, 2.24) is 25.6 Å². The molecule has 12 heteroatoms. The topological polar surface area (TPSA) is 148 Å². The number of ether oxygens (including phenoxy) is 1. The molecule has 0 saturated carbocycles. The van der Waals surface area contributed by atoms with Crippen LogP contribution in [0.2, 0.25) is 0 Å². The quantitative estimate of drug-likeness (QED) is 0.195. The maximum Gasteiger partial charge on any atom is 0.330 e. The molecule has 12 nitrogen and oxygen atoms in total. The van der Waals surface area contributed by atoms with Gasteiger partial charge < -0.3 is 30.4 Å². The van der Waals surface area contributed by atoms with Crippen LogP contribution in [-0.2, 0) is 35.1 Å². The van der Waals surface area contributed by atoms with Gasteiger partial charge in [0, 0.05) is 30.6 Å². The number of unbranched alkanes of at least 4 members (excludes halogenated alkanes) is 2. The number of esters is 1. The molecule has 3 heterocycles.